The molecule has 1 aliphatic rings. The minimum atomic E-state index is -3.54. The molecule has 0 radical (unpaired) electrons. The lowest BCUT2D eigenvalue weighted by atomic mass is 10.1. The van der Waals surface area contributed by atoms with E-state index >= 15 is 0 Å². The number of carbonyl (C=O) groups excluding carboxylic acids is 1. The fourth-order valence-electron chi connectivity index (χ4n) is 3.89. The van der Waals surface area contributed by atoms with Crippen LogP contribution in [-0.4, -0.2) is 46.0 Å². The Kier molecular flexibility index (Phi) is 6.66. The summed E-state index contributed by atoms with van der Waals surface area (Å²) in [4.78, 5) is 16.7. The zero-order valence-electron chi connectivity index (χ0n) is 18.0. The number of rotatable bonds is 7. The molecule has 1 N–H and O–H groups in total. The van der Waals surface area contributed by atoms with Crippen molar-refractivity contribution in [3.05, 3.63) is 77.9 Å². The van der Waals surface area contributed by atoms with E-state index in [4.69, 9.17) is 0 Å². The van der Waals surface area contributed by atoms with E-state index in [1.807, 2.05) is 31.2 Å². The normalized spacial score (nSPS) is 17.2. The molecule has 4 rings (SSSR count). The van der Waals surface area contributed by atoms with Crippen molar-refractivity contribution < 1.29 is 13.2 Å². The van der Waals surface area contributed by atoms with Crippen LogP contribution in [0.1, 0.15) is 47.7 Å². The highest BCUT2D eigenvalue weighted by Crippen LogP contribution is 2.25. The Morgan fingerprint density at radius 3 is 2.44 bits per heavy atom. The van der Waals surface area contributed by atoms with E-state index in [0.717, 1.165) is 30.4 Å². The first-order valence-corrected chi connectivity index (χ1v) is 12.2. The lowest BCUT2D eigenvalue weighted by Crippen LogP contribution is -2.41. The molecule has 168 valence electrons. The average molecular weight is 454 g/mol. The van der Waals surface area contributed by atoms with Crippen LogP contribution in [0.25, 0.3) is 0 Å². The van der Waals surface area contributed by atoms with Crippen LogP contribution in [-0.2, 0) is 23.1 Å². The lowest BCUT2D eigenvalue weighted by Gasteiger charge is -2.32. The third-order valence-electron chi connectivity index (χ3n) is 5.75. The third-order valence-corrected chi connectivity index (χ3v) is 7.78. The second-order valence-corrected chi connectivity index (χ2v) is 9.97. The molecular weight excluding hydrogens is 426 g/mol. The molecule has 0 saturated carbocycles. The summed E-state index contributed by atoms with van der Waals surface area (Å²) in [7, 11) is -3.54. The SMILES string of the molecule is CC1CCCCN1S(=O)(=O)c1ccc(C(=O)NCc2ccc(Cn3cncn3)cc2)cc1. The van der Waals surface area contributed by atoms with Crippen LogP contribution in [0, 0.1) is 0 Å². The van der Waals surface area contributed by atoms with E-state index in [1.165, 1.54) is 18.5 Å². The highest BCUT2D eigenvalue weighted by atomic mass is 32.2. The summed E-state index contributed by atoms with van der Waals surface area (Å²) in [5.41, 5.74) is 2.49. The molecule has 1 fully saturated rings. The smallest absolute Gasteiger partial charge is 0.251 e. The summed E-state index contributed by atoms with van der Waals surface area (Å²) in [5, 5.41) is 6.97. The van der Waals surface area contributed by atoms with Gasteiger partial charge in [0.05, 0.1) is 11.4 Å². The molecule has 1 saturated heterocycles. The van der Waals surface area contributed by atoms with Gasteiger partial charge in [-0.1, -0.05) is 30.7 Å². The van der Waals surface area contributed by atoms with Gasteiger partial charge in [0.25, 0.3) is 5.91 Å². The van der Waals surface area contributed by atoms with E-state index < -0.39 is 10.0 Å². The molecule has 1 unspecified atom stereocenters. The van der Waals surface area contributed by atoms with E-state index in [-0.39, 0.29) is 16.8 Å². The fraction of sp³-hybridized carbons (Fsp3) is 0.348. The van der Waals surface area contributed by atoms with Gasteiger partial charge in [-0.15, -0.1) is 0 Å². The molecule has 3 aromatic rings. The number of carbonyl (C=O) groups is 1. The van der Waals surface area contributed by atoms with Crippen molar-refractivity contribution in [1.29, 1.82) is 0 Å². The maximum atomic E-state index is 12.9. The number of amides is 1. The Labute approximate surface area is 188 Å². The van der Waals surface area contributed by atoms with Gasteiger partial charge in [-0.2, -0.15) is 9.40 Å². The van der Waals surface area contributed by atoms with Gasteiger partial charge >= 0.3 is 0 Å². The van der Waals surface area contributed by atoms with Gasteiger partial charge in [0, 0.05) is 24.7 Å². The van der Waals surface area contributed by atoms with Crippen molar-refractivity contribution in [3.8, 4) is 0 Å². The number of nitrogens with one attached hydrogen (secondary N) is 1. The van der Waals surface area contributed by atoms with Crippen LogP contribution in [0.5, 0.6) is 0 Å². The molecule has 2 aromatic carbocycles. The zero-order chi connectivity index (χ0) is 22.6. The minimum Gasteiger partial charge on any atom is -0.348 e. The van der Waals surface area contributed by atoms with Crippen molar-refractivity contribution in [2.24, 2.45) is 0 Å². The van der Waals surface area contributed by atoms with Crippen LogP contribution in [0.2, 0.25) is 0 Å². The van der Waals surface area contributed by atoms with Crippen molar-refractivity contribution in [1.82, 2.24) is 24.4 Å². The first-order valence-electron chi connectivity index (χ1n) is 10.7. The Morgan fingerprint density at radius 2 is 1.78 bits per heavy atom. The molecule has 1 atom stereocenters. The number of piperidine rings is 1. The Hall–Kier alpha value is -3.04. The molecule has 0 spiro atoms. The van der Waals surface area contributed by atoms with E-state index in [2.05, 4.69) is 15.4 Å². The molecule has 1 aliphatic heterocycles. The van der Waals surface area contributed by atoms with Crippen LogP contribution < -0.4 is 5.32 Å². The predicted molar refractivity (Wildman–Crippen MR) is 120 cm³/mol. The summed E-state index contributed by atoms with van der Waals surface area (Å²) in [5.74, 6) is -0.244. The minimum absolute atomic E-state index is 0.000626. The van der Waals surface area contributed by atoms with Crippen LogP contribution >= 0.6 is 0 Å². The van der Waals surface area contributed by atoms with Gasteiger partial charge in [-0.3, -0.25) is 4.79 Å². The second-order valence-electron chi connectivity index (χ2n) is 8.08. The van der Waals surface area contributed by atoms with Gasteiger partial charge < -0.3 is 5.32 Å². The molecule has 1 amide bonds. The van der Waals surface area contributed by atoms with Gasteiger partial charge in [-0.25, -0.2) is 18.1 Å². The maximum absolute atomic E-state index is 12.9. The van der Waals surface area contributed by atoms with Gasteiger partial charge in [0.2, 0.25) is 10.0 Å². The summed E-state index contributed by atoms with van der Waals surface area (Å²) in [6.45, 7) is 3.51. The monoisotopic (exact) mass is 453 g/mol. The standard InChI is InChI=1S/C23H27N5O3S/c1-18-4-2-3-13-28(18)32(30,31)22-11-9-21(10-12-22)23(29)25-14-19-5-7-20(8-6-19)15-27-17-24-16-26-27/h5-12,16-18H,2-4,13-15H2,1H3,(H,25,29). The number of hydrogen-bond acceptors (Lipinski definition) is 5. The fourth-order valence-corrected chi connectivity index (χ4v) is 5.59. The molecule has 9 heteroatoms. The summed E-state index contributed by atoms with van der Waals surface area (Å²) < 4.78 is 29.2. The highest BCUT2D eigenvalue weighted by Gasteiger charge is 2.30. The molecule has 32 heavy (non-hydrogen) atoms. The summed E-state index contributed by atoms with van der Waals surface area (Å²) in [6, 6.07) is 14.1. The first-order chi connectivity index (χ1) is 15.4. The lowest BCUT2D eigenvalue weighted by molar-refractivity contribution is 0.0951. The van der Waals surface area contributed by atoms with E-state index in [1.54, 1.807) is 27.4 Å². The Balaban J connectivity index is 1.35. The second kappa shape index (κ2) is 9.62. The predicted octanol–water partition coefficient (Wildman–Crippen LogP) is 2.82. The van der Waals surface area contributed by atoms with Crippen LogP contribution in [0.4, 0.5) is 0 Å². The molecule has 8 nitrogen and oxygen atoms in total. The molecule has 0 bridgehead atoms. The molecular formula is C23H27N5O3S. The number of benzene rings is 2. The topological polar surface area (TPSA) is 97.2 Å². The van der Waals surface area contributed by atoms with E-state index in [9.17, 15) is 13.2 Å². The van der Waals surface area contributed by atoms with Crippen molar-refractivity contribution in [2.75, 3.05) is 6.54 Å². The highest BCUT2D eigenvalue weighted by molar-refractivity contribution is 7.89. The third kappa shape index (κ3) is 5.05. The Bertz CT molecular complexity index is 1140. The molecule has 1 aromatic heterocycles. The number of sulfonamides is 1. The molecule has 2 heterocycles. The Morgan fingerprint density at radius 1 is 1.06 bits per heavy atom. The van der Waals surface area contributed by atoms with Crippen LogP contribution in [0.3, 0.4) is 0 Å². The number of aromatic nitrogens is 3. The summed E-state index contributed by atoms with van der Waals surface area (Å²) in [6.07, 6.45) is 5.97. The number of hydrogen-bond donors (Lipinski definition) is 1. The van der Waals surface area contributed by atoms with Crippen molar-refractivity contribution >= 4 is 15.9 Å². The average Bonchev–Trinajstić information content (AvgIpc) is 3.32. The van der Waals surface area contributed by atoms with Gasteiger partial charge in [0.15, 0.2) is 0 Å². The van der Waals surface area contributed by atoms with Crippen LogP contribution in [0.15, 0.2) is 66.1 Å². The zero-order valence-corrected chi connectivity index (χ0v) is 18.8. The quantitative estimate of drug-likeness (QED) is 0.593. The molecule has 0 aliphatic carbocycles. The number of nitrogens with zero attached hydrogens (tertiary/aromatic N) is 4. The maximum Gasteiger partial charge on any atom is 0.251 e. The van der Waals surface area contributed by atoms with Gasteiger partial charge in [-0.05, 0) is 55.2 Å². The van der Waals surface area contributed by atoms with Gasteiger partial charge in [0.1, 0.15) is 12.7 Å². The van der Waals surface area contributed by atoms with Crippen molar-refractivity contribution in [3.63, 3.8) is 0 Å². The summed E-state index contributed by atoms with van der Waals surface area (Å²) >= 11 is 0. The van der Waals surface area contributed by atoms with E-state index in [0.29, 0.717) is 25.2 Å². The largest absolute Gasteiger partial charge is 0.348 e. The van der Waals surface area contributed by atoms with Crippen molar-refractivity contribution in [2.45, 2.75) is 50.2 Å². The first kappa shape index (κ1) is 22.2.